The van der Waals surface area contributed by atoms with Crippen molar-refractivity contribution in [2.75, 3.05) is 6.54 Å². The average molecular weight is 338 g/mol. The summed E-state index contributed by atoms with van der Waals surface area (Å²) in [6.45, 7) is 2.43. The van der Waals surface area contributed by atoms with Crippen LogP contribution in [0.4, 0.5) is 0 Å². The summed E-state index contributed by atoms with van der Waals surface area (Å²) in [7, 11) is 0. The van der Waals surface area contributed by atoms with E-state index in [4.69, 9.17) is 0 Å². The monoisotopic (exact) mass is 338 g/mol. The Kier molecular flexibility index (Phi) is 4.91. The number of thiazole rings is 1. The van der Waals surface area contributed by atoms with Crippen molar-refractivity contribution in [2.45, 2.75) is 13.3 Å². The first-order chi connectivity index (χ1) is 11.6. The number of nitrogens with zero attached hydrogens (tertiary/aromatic N) is 1. The highest BCUT2D eigenvalue weighted by atomic mass is 32.1. The van der Waals surface area contributed by atoms with Crippen molar-refractivity contribution in [1.29, 1.82) is 0 Å². The van der Waals surface area contributed by atoms with Crippen LogP contribution in [0.3, 0.4) is 0 Å². The second kappa shape index (κ2) is 7.27. The van der Waals surface area contributed by atoms with Gasteiger partial charge in [0.1, 0.15) is 15.6 Å². The van der Waals surface area contributed by atoms with Crippen molar-refractivity contribution in [2.24, 2.45) is 0 Å². The van der Waals surface area contributed by atoms with Gasteiger partial charge in [-0.1, -0.05) is 30.3 Å². The molecule has 0 atom stereocenters. The lowest BCUT2D eigenvalue weighted by molar-refractivity contribution is 0.0957. The standard InChI is InChI=1S/C19H18N2O2S/c1-13-17(18(23)20-12-11-14-5-3-2-4-6-14)24-19(21-13)15-7-9-16(22)10-8-15/h2-10,22H,11-12H2,1H3,(H,20,23). The number of carbonyl (C=O) groups excluding carboxylic acids is 1. The van der Waals surface area contributed by atoms with Crippen LogP contribution in [0.1, 0.15) is 20.9 Å². The van der Waals surface area contributed by atoms with E-state index in [0.29, 0.717) is 11.4 Å². The van der Waals surface area contributed by atoms with Crippen LogP contribution in [0.2, 0.25) is 0 Å². The molecule has 0 aliphatic heterocycles. The van der Waals surface area contributed by atoms with E-state index < -0.39 is 0 Å². The van der Waals surface area contributed by atoms with Gasteiger partial charge in [0, 0.05) is 12.1 Å². The average Bonchev–Trinajstić information content (AvgIpc) is 2.98. The second-order valence-corrected chi connectivity index (χ2v) is 6.47. The molecule has 0 aliphatic carbocycles. The maximum Gasteiger partial charge on any atom is 0.263 e. The van der Waals surface area contributed by atoms with Gasteiger partial charge < -0.3 is 10.4 Å². The number of aryl methyl sites for hydroxylation is 1. The quantitative estimate of drug-likeness (QED) is 0.744. The molecule has 2 aromatic carbocycles. The third-order valence-electron chi connectivity index (χ3n) is 3.66. The van der Waals surface area contributed by atoms with Crippen LogP contribution in [0, 0.1) is 6.92 Å². The van der Waals surface area contributed by atoms with Crippen molar-refractivity contribution in [3.8, 4) is 16.3 Å². The highest BCUT2D eigenvalue weighted by molar-refractivity contribution is 7.17. The summed E-state index contributed by atoms with van der Waals surface area (Å²) in [6, 6.07) is 16.9. The van der Waals surface area contributed by atoms with E-state index in [-0.39, 0.29) is 11.7 Å². The fourth-order valence-electron chi connectivity index (χ4n) is 2.38. The Morgan fingerprint density at radius 1 is 1.12 bits per heavy atom. The lowest BCUT2D eigenvalue weighted by Crippen LogP contribution is -2.25. The summed E-state index contributed by atoms with van der Waals surface area (Å²) in [5, 5.41) is 13.1. The second-order valence-electron chi connectivity index (χ2n) is 5.47. The molecule has 0 saturated carbocycles. The summed E-state index contributed by atoms with van der Waals surface area (Å²) in [4.78, 5) is 17.5. The Labute approximate surface area is 144 Å². The van der Waals surface area contributed by atoms with Gasteiger partial charge in [0.15, 0.2) is 0 Å². The molecule has 0 spiro atoms. The maximum absolute atomic E-state index is 12.4. The Morgan fingerprint density at radius 3 is 2.54 bits per heavy atom. The van der Waals surface area contributed by atoms with Gasteiger partial charge in [0.25, 0.3) is 5.91 Å². The van der Waals surface area contributed by atoms with Crippen LogP contribution in [-0.2, 0) is 6.42 Å². The first-order valence-electron chi connectivity index (χ1n) is 7.72. The van der Waals surface area contributed by atoms with Crippen LogP contribution in [-0.4, -0.2) is 22.5 Å². The van der Waals surface area contributed by atoms with E-state index in [1.807, 2.05) is 37.3 Å². The molecule has 24 heavy (non-hydrogen) atoms. The molecule has 1 heterocycles. The van der Waals surface area contributed by atoms with E-state index in [1.165, 1.54) is 16.9 Å². The number of amides is 1. The van der Waals surface area contributed by atoms with E-state index in [2.05, 4.69) is 10.3 Å². The molecule has 0 radical (unpaired) electrons. The first kappa shape index (κ1) is 16.2. The van der Waals surface area contributed by atoms with E-state index in [9.17, 15) is 9.90 Å². The minimum absolute atomic E-state index is 0.0917. The van der Waals surface area contributed by atoms with E-state index in [1.54, 1.807) is 24.3 Å². The first-order valence-corrected chi connectivity index (χ1v) is 8.54. The van der Waals surface area contributed by atoms with Gasteiger partial charge in [-0.15, -0.1) is 11.3 Å². The van der Waals surface area contributed by atoms with Crippen LogP contribution in [0.5, 0.6) is 5.75 Å². The summed E-state index contributed by atoms with van der Waals surface area (Å²) >= 11 is 1.37. The molecule has 1 amide bonds. The molecule has 0 fully saturated rings. The topological polar surface area (TPSA) is 62.2 Å². The van der Waals surface area contributed by atoms with Gasteiger partial charge in [-0.3, -0.25) is 4.79 Å². The molecule has 0 aliphatic rings. The minimum atomic E-state index is -0.0917. The lowest BCUT2D eigenvalue weighted by atomic mass is 10.1. The van der Waals surface area contributed by atoms with Crippen LogP contribution < -0.4 is 5.32 Å². The normalized spacial score (nSPS) is 10.5. The summed E-state index contributed by atoms with van der Waals surface area (Å²) in [5.74, 6) is 0.122. The van der Waals surface area contributed by atoms with Gasteiger partial charge in [0.05, 0.1) is 5.69 Å². The largest absolute Gasteiger partial charge is 0.508 e. The van der Waals surface area contributed by atoms with Gasteiger partial charge in [-0.2, -0.15) is 0 Å². The number of rotatable bonds is 5. The molecule has 122 valence electrons. The lowest BCUT2D eigenvalue weighted by Gasteiger charge is -2.04. The zero-order chi connectivity index (χ0) is 16.9. The van der Waals surface area contributed by atoms with Crippen LogP contribution in [0.15, 0.2) is 54.6 Å². The number of aromatic hydroxyl groups is 1. The number of hydrogen-bond acceptors (Lipinski definition) is 4. The Morgan fingerprint density at radius 2 is 1.83 bits per heavy atom. The molecular formula is C19H18N2O2S. The van der Waals surface area contributed by atoms with Crippen LogP contribution >= 0.6 is 11.3 Å². The Bertz CT molecular complexity index is 826. The summed E-state index contributed by atoms with van der Waals surface area (Å²) < 4.78 is 0. The molecule has 5 heteroatoms. The molecular weight excluding hydrogens is 320 g/mol. The van der Waals surface area contributed by atoms with Gasteiger partial charge in [0.2, 0.25) is 0 Å². The fourth-order valence-corrected chi connectivity index (χ4v) is 3.37. The number of phenolic OH excluding ortho intramolecular Hbond substituents is 1. The SMILES string of the molecule is Cc1nc(-c2ccc(O)cc2)sc1C(=O)NCCc1ccccc1. The van der Waals surface area contributed by atoms with Gasteiger partial charge >= 0.3 is 0 Å². The van der Waals surface area contributed by atoms with E-state index in [0.717, 1.165) is 22.7 Å². The van der Waals surface area contributed by atoms with Crippen molar-refractivity contribution in [3.05, 3.63) is 70.7 Å². The van der Waals surface area contributed by atoms with Gasteiger partial charge in [-0.25, -0.2) is 4.98 Å². The summed E-state index contributed by atoms with van der Waals surface area (Å²) in [5.41, 5.74) is 2.81. The number of phenols is 1. The zero-order valence-electron chi connectivity index (χ0n) is 13.3. The highest BCUT2D eigenvalue weighted by Crippen LogP contribution is 2.28. The minimum Gasteiger partial charge on any atom is -0.508 e. The molecule has 0 unspecified atom stereocenters. The van der Waals surface area contributed by atoms with E-state index >= 15 is 0 Å². The third-order valence-corrected chi connectivity index (χ3v) is 4.86. The number of nitrogens with one attached hydrogen (secondary N) is 1. The smallest absolute Gasteiger partial charge is 0.263 e. The molecule has 1 aromatic heterocycles. The van der Waals surface area contributed by atoms with Crippen molar-refractivity contribution >= 4 is 17.2 Å². The fraction of sp³-hybridized carbons (Fsp3) is 0.158. The molecule has 2 N–H and O–H groups in total. The predicted molar refractivity (Wildman–Crippen MR) is 96.4 cm³/mol. The molecule has 4 nitrogen and oxygen atoms in total. The van der Waals surface area contributed by atoms with Crippen molar-refractivity contribution < 1.29 is 9.90 Å². The Hall–Kier alpha value is -2.66. The predicted octanol–water partition coefficient (Wildman–Crippen LogP) is 3.80. The van der Waals surface area contributed by atoms with Crippen molar-refractivity contribution in [1.82, 2.24) is 10.3 Å². The third kappa shape index (κ3) is 3.81. The van der Waals surface area contributed by atoms with Crippen LogP contribution in [0.25, 0.3) is 10.6 Å². The number of carbonyl (C=O) groups is 1. The zero-order valence-corrected chi connectivity index (χ0v) is 14.1. The summed E-state index contributed by atoms with van der Waals surface area (Å²) in [6.07, 6.45) is 0.801. The molecule has 0 bridgehead atoms. The van der Waals surface area contributed by atoms with Gasteiger partial charge in [-0.05, 0) is 43.2 Å². The number of aromatic nitrogens is 1. The number of hydrogen-bond donors (Lipinski definition) is 2. The number of benzene rings is 2. The molecule has 3 aromatic rings. The van der Waals surface area contributed by atoms with Crippen molar-refractivity contribution in [3.63, 3.8) is 0 Å². The Balaban J connectivity index is 1.66. The maximum atomic E-state index is 12.4. The highest BCUT2D eigenvalue weighted by Gasteiger charge is 2.15. The molecule has 0 saturated heterocycles. The molecule has 3 rings (SSSR count).